The molecule has 2 heterocycles. The molecule has 1 saturated heterocycles. The zero-order valence-electron chi connectivity index (χ0n) is 27.2. The lowest BCUT2D eigenvalue weighted by Crippen LogP contribution is -2.39. The Hall–Kier alpha value is -5.36. The fourth-order valence-electron chi connectivity index (χ4n) is 5.99. The number of anilines is 1. The Morgan fingerprint density at radius 1 is 0.878 bits per heavy atom. The summed E-state index contributed by atoms with van der Waals surface area (Å²) in [4.78, 5) is 29.8. The van der Waals surface area contributed by atoms with Crippen LogP contribution in [-0.2, 0) is 15.1 Å². The second kappa shape index (κ2) is 14.4. The lowest BCUT2D eigenvalue weighted by Gasteiger charge is -2.37. The molecule has 6 rings (SSSR count). The third-order valence-electron chi connectivity index (χ3n) is 8.61. The van der Waals surface area contributed by atoms with Crippen LogP contribution in [0, 0.1) is 6.92 Å². The maximum absolute atomic E-state index is 15.8. The highest BCUT2D eigenvalue weighted by Crippen LogP contribution is 2.43. The molecular formula is C38H36FN3O7. The van der Waals surface area contributed by atoms with Crippen LogP contribution in [0.4, 0.5) is 10.2 Å². The second-order valence-corrected chi connectivity index (χ2v) is 11.6. The first-order valence-electron chi connectivity index (χ1n) is 15.7. The molecule has 252 valence electrons. The van der Waals surface area contributed by atoms with Crippen LogP contribution in [0.25, 0.3) is 0 Å². The molecule has 4 unspecified atom stereocenters. The summed E-state index contributed by atoms with van der Waals surface area (Å²) < 4.78 is 40.4. The molecule has 0 saturated carbocycles. The van der Waals surface area contributed by atoms with E-state index < -0.39 is 41.8 Å². The van der Waals surface area contributed by atoms with E-state index in [0.717, 1.165) is 21.3 Å². The van der Waals surface area contributed by atoms with Gasteiger partial charge in [-0.15, -0.1) is 0 Å². The minimum absolute atomic E-state index is 0.0376. The number of nitrogens with one attached hydrogen (secondary N) is 1. The molecular weight excluding hydrogens is 629 g/mol. The van der Waals surface area contributed by atoms with Crippen molar-refractivity contribution in [2.75, 3.05) is 26.1 Å². The van der Waals surface area contributed by atoms with Crippen molar-refractivity contribution in [3.63, 3.8) is 0 Å². The van der Waals surface area contributed by atoms with Crippen LogP contribution in [0.5, 0.6) is 11.5 Å². The van der Waals surface area contributed by atoms with Crippen molar-refractivity contribution in [2.24, 2.45) is 0 Å². The lowest BCUT2D eigenvalue weighted by atomic mass is 9.80. The average molecular weight is 666 g/mol. The molecule has 0 radical (unpaired) electrons. The molecule has 0 spiro atoms. The Labute approximate surface area is 282 Å². The van der Waals surface area contributed by atoms with E-state index in [9.17, 15) is 14.7 Å². The van der Waals surface area contributed by atoms with E-state index in [4.69, 9.17) is 18.9 Å². The van der Waals surface area contributed by atoms with Crippen LogP contribution in [-0.4, -0.2) is 59.8 Å². The van der Waals surface area contributed by atoms with Gasteiger partial charge < -0.3 is 29.4 Å². The number of methoxy groups -OCH3 is 2. The first-order chi connectivity index (χ1) is 23.7. The summed E-state index contributed by atoms with van der Waals surface area (Å²) in [5.74, 6) is 0.892. The van der Waals surface area contributed by atoms with Crippen LogP contribution >= 0.6 is 0 Å². The summed E-state index contributed by atoms with van der Waals surface area (Å²) in [5.41, 5.74) is 0.958. The number of ether oxygens (including phenoxy) is 4. The van der Waals surface area contributed by atoms with Gasteiger partial charge in [-0.25, -0.2) is 9.18 Å². The van der Waals surface area contributed by atoms with Crippen molar-refractivity contribution in [3.8, 4) is 11.5 Å². The first kappa shape index (κ1) is 33.5. The smallest absolute Gasteiger partial charge is 0.351 e. The quantitative estimate of drug-likeness (QED) is 0.179. The maximum Gasteiger partial charge on any atom is 0.351 e. The van der Waals surface area contributed by atoms with Gasteiger partial charge in [-0.3, -0.25) is 9.36 Å². The number of alkyl halides is 1. The number of aliphatic hydroxyl groups is 1. The van der Waals surface area contributed by atoms with Crippen molar-refractivity contribution >= 4 is 11.7 Å². The Kier molecular flexibility index (Phi) is 9.86. The van der Waals surface area contributed by atoms with Gasteiger partial charge in [0, 0.05) is 17.3 Å². The summed E-state index contributed by atoms with van der Waals surface area (Å²) in [6.07, 6.45) is -4.91. The van der Waals surface area contributed by atoms with E-state index in [-0.39, 0.29) is 12.4 Å². The Bertz CT molecular complexity index is 1890. The molecule has 1 aromatic heterocycles. The highest BCUT2D eigenvalue weighted by Gasteiger charge is 2.48. The van der Waals surface area contributed by atoms with E-state index in [1.54, 1.807) is 51.5 Å². The molecule has 1 aliphatic rings. The van der Waals surface area contributed by atoms with Crippen LogP contribution in [0.15, 0.2) is 120 Å². The number of aromatic nitrogens is 2. The topological polar surface area (TPSA) is 121 Å². The average Bonchev–Trinajstić information content (AvgIpc) is 3.43. The van der Waals surface area contributed by atoms with Crippen LogP contribution in [0.3, 0.4) is 0 Å². The number of nitrogens with zero attached hydrogens (tertiary/aromatic N) is 2. The van der Waals surface area contributed by atoms with Crippen LogP contribution in [0.2, 0.25) is 0 Å². The molecule has 1 aliphatic heterocycles. The largest absolute Gasteiger partial charge is 0.497 e. The van der Waals surface area contributed by atoms with Gasteiger partial charge in [0.1, 0.15) is 35.1 Å². The van der Waals surface area contributed by atoms with Crippen molar-refractivity contribution in [1.29, 1.82) is 0 Å². The molecule has 0 bridgehead atoms. The molecule has 1 fully saturated rings. The van der Waals surface area contributed by atoms with Gasteiger partial charge in [0.15, 0.2) is 12.4 Å². The molecule has 0 aliphatic carbocycles. The number of halogens is 1. The number of hydrogen-bond donors (Lipinski definition) is 2. The number of benzene rings is 4. The zero-order valence-corrected chi connectivity index (χ0v) is 27.2. The number of rotatable bonds is 11. The van der Waals surface area contributed by atoms with E-state index in [2.05, 4.69) is 10.3 Å². The van der Waals surface area contributed by atoms with Gasteiger partial charge >= 0.3 is 5.69 Å². The first-order valence-corrected chi connectivity index (χ1v) is 15.7. The minimum Gasteiger partial charge on any atom is -0.497 e. The zero-order chi connectivity index (χ0) is 34.5. The number of amides is 1. The van der Waals surface area contributed by atoms with E-state index in [0.29, 0.717) is 22.6 Å². The van der Waals surface area contributed by atoms with Crippen molar-refractivity contribution in [3.05, 3.63) is 154 Å². The summed E-state index contributed by atoms with van der Waals surface area (Å²) >= 11 is 0. The number of carbonyl (C=O) groups excluding carboxylic acids is 1. The van der Waals surface area contributed by atoms with Gasteiger partial charge in [0.05, 0.1) is 20.8 Å². The maximum atomic E-state index is 15.8. The summed E-state index contributed by atoms with van der Waals surface area (Å²) in [7, 11) is 3.16. The number of hydrogen-bond acceptors (Lipinski definition) is 8. The van der Waals surface area contributed by atoms with E-state index in [1.165, 1.54) is 6.20 Å². The van der Waals surface area contributed by atoms with Crippen molar-refractivity contribution in [1.82, 2.24) is 9.55 Å². The fourth-order valence-corrected chi connectivity index (χ4v) is 5.99. The predicted molar refractivity (Wildman–Crippen MR) is 181 cm³/mol. The van der Waals surface area contributed by atoms with Crippen molar-refractivity contribution in [2.45, 2.75) is 37.1 Å². The Morgan fingerprint density at radius 2 is 1.41 bits per heavy atom. The van der Waals surface area contributed by atoms with Crippen LogP contribution in [0.1, 0.15) is 38.8 Å². The standard InChI is InChI=1S/C38H36FN3O7/c1-24-22-42(37(45)41-34(24)40-35(44)25-10-6-4-7-11-25)36-32(39)33(43)31(49-36)23-48-38(26-12-8-5-9-13-26,27-14-18-29(46-2)19-15-27)28-16-20-30(47-3)21-17-28/h4-22,31-33,36,43H,23H2,1-3H3,(H,40,41,44,45). The van der Waals surface area contributed by atoms with E-state index >= 15 is 4.39 Å². The lowest BCUT2D eigenvalue weighted by molar-refractivity contribution is -0.0950. The number of carbonyl (C=O) groups is 1. The van der Waals surface area contributed by atoms with Gasteiger partial charge in [-0.2, -0.15) is 4.98 Å². The van der Waals surface area contributed by atoms with Gasteiger partial charge in [-0.1, -0.05) is 72.8 Å². The molecule has 4 atom stereocenters. The fraction of sp³-hybridized carbons (Fsp3) is 0.237. The summed E-state index contributed by atoms with van der Waals surface area (Å²) in [6.45, 7) is 1.37. The SMILES string of the molecule is COc1ccc(C(OCC2OC(n3cc(C)c(NC(=O)c4ccccc4)nc3=O)C(F)C2O)(c2ccccc2)c2ccc(OC)cc2)cc1. The Morgan fingerprint density at radius 3 is 1.96 bits per heavy atom. The molecule has 10 nitrogen and oxygen atoms in total. The molecule has 49 heavy (non-hydrogen) atoms. The van der Waals surface area contributed by atoms with E-state index in [1.807, 2.05) is 78.9 Å². The third kappa shape index (κ3) is 6.68. The Balaban J connectivity index is 1.31. The number of aliphatic hydroxyl groups excluding tert-OH is 1. The molecule has 5 aromatic rings. The third-order valence-corrected chi connectivity index (χ3v) is 8.61. The molecule has 4 aromatic carbocycles. The van der Waals surface area contributed by atoms with Gasteiger partial charge in [-0.05, 0) is 60.0 Å². The minimum atomic E-state index is -1.98. The highest BCUT2D eigenvalue weighted by molar-refractivity contribution is 6.04. The summed E-state index contributed by atoms with van der Waals surface area (Å²) in [6, 6.07) is 32.8. The van der Waals surface area contributed by atoms with Crippen molar-refractivity contribution < 1.29 is 33.2 Å². The predicted octanol–water partition coefficient (Wildman–Crippen LogP) is 5.43. The summed E-state index contributed by atoms with van der Waals surface area (Å²) in [5, 5.41) is 13.7. The number of aryl methyl sites for hydroxylation is 1. The van der Waals surface area contributed by atoms with Crippen LogP contribution < -0.4 is 20.5 Å². The molecule has 11 heteroatoms. The molecule has 2 N–H and O–H groups in total. The second-order valence-electron chi connectivity index (χ2n) is 11.6. The highest BCUT2D eigenvalue weighted by atomic mass is 19.1. The normalized spacial score (nSPS) is 19.0. The van der Waals surface area contributed by atoms with Gasteiger partial charge in [0.2, 0.25) is 0 Å². The molecule has 1 amide bonds. The monoisotopic (exact) mass is 665 g/mol. The van der Waals surface area contributed by atoms with Gasteiger partial charge in [0.25, 0.3) is 5.91 Å².